The molecule has 2 amide bonds. The van der Waals surface area contributed by atoms with E-state index in [0.29, 0.717) is 12.0 Å². The van der Waals surface area contributed by atoms with Gasteiger partial charge in [-0.2, -0.15) is 0 Å². The van der Waals surface area contributed by atoms with Crippen LogP contribution in [0.5, 0.6) is 0 Å². The number of nitrogens with one attached hydrogen (secondary N) is 2. The van der Waals surface area contributed by atoms with Gasteiger partial charge in [0, 0.05) is 18.0 Å². The van der Waals surface area contributed by atoms with E-state index in [0.717, 1.165) is 0 Å². The number of carbonyl (C=O) groups is 2. The van der Waals surface area contributed by atoms with Crippen LogP contribution in [0.3, 0.4) is 0 Å². The predicted molar refractivity (Wildman–Crippen MR) is 53.2 cm³/mol. The first-order valence-corrected chi connectivity index (χ1v) is 4.31. The fourth-order valence-corrected chi connectivity index (χ4v) is 1.16. The van der Waals surface area contributed by atoms with Gasteiger partial charge in [-0.25, -0.2) is 11.7 Å². The van der Waals surface area contributed by atoms with Gasteiger partial charge < -0.3 is 4.90 Å². The molecule has 0 aromatic rings. The normalized spacial score (nSPS) is 14.5. The summed E-state index contributed by atoms with van der Waals surface area (Å²) in [6, 6.07) is 0. The zero-order valence-electron chi connectivity index (χ0n) is 8.06. The average Bonchev–Trinajstić information content (AvgIpc) is 2.28. The number of nitrogens with two attached hydrogens (primary N) is 2. The highest BCUT2D eigenvalue weighted by atomic mass is 16.2. The van der Waals surface area contributed by atoms with Gasteiger partial charge in [0.25, 0.3) is 11.8 Å². The second-order valence-corrected chi connectivity index (χ2v) is 2.96. The van der Waals surface area contributed by atoms with Crippen LogP contribution in [0.1, 0.15) is 6.42 Å². The van der Waals surface area contributed by atoms with Crippen LogP contribution < -0.4 is 22.5 Å². The second-order valence-electron chi connectivity index (χ2n) is 2.96. The summed E-state index contributed by atoms with van der Waals surface area (Å²) in [5.41, 5.74) is 4.52. The van der Waals surface area contributed by atoms with Gasteiger partial charge in [0.1, 0.15) is 6.54 Å². The highest BCUT2D eigenvalue weighted by Gasteiger charge is 2.13. The topological polar surface area (TPSA) is 113 Å². The van der Waals surface area contributed by atoms with Gasteiger partial charge in [-0.15, -0.1) is 0 Å². The highest BCUT2D eigenvalue weighted by Crippen LogP contribution is 2.11. The molecular weight excluding hydrogens is 198 g/mol. The van der Waals surface area contributed by atoms with E-state index < -0.39 is 0 Å². The molecule has 0 radical (unpaired) electrons. The Labute approximate surface area is 86.7 Å². The van der Waals surface area contributed by atoms with Crippen molar-refractivity contribution in [1.29, 1.82) is 0 Å². The quantitative estimate of drug-likeness (QED) is 0.246. The number of amides is 2. The molecule has 82 valence electrons. The summed E-state index contributed by atoms with van der Waals surface area (Å²) >= 11 is 0. The number of nitrogens with zero attached hydrogens (tertiary/aromatic N) is 1. The number of allylic oxidation sites excluding steroid dienone is 1. The summed E-state index contributed by atoms with van der Waals surface area (Å²) in [6.45, 7) is 0.0638. The number of carbonyl (C=O) groups excluding carboxylic acids is 2. The molecule has 0 saturated carbocycles. The molecule has 0 aromatic carbocycles. The maximum Gasteiger partial charge on any atom is 0.262 e. The first-order valence-electron chi connectivity index (χ1n) is 4.31. The third-order valence-corrected chi connectivity index (χ3v) is 1.87. The highest BCUT2D eigenvalue weighted by molar-refractivity contribution is 5.93. The van der Waals surface area contributed by atoms with Crippen LogP contribution in [-0.2, 0) is 9.59 Å². The van der Waals surface area contributed by atoms with Crippen LogP contribution in [0, 0.1) is 0 Å². The summed E-state index contributed by atoms with van der Waals surface area (Å²) in [5.74, 6) is 9.23. The predicted octanol–water partition coefficient (Wildman–Crippen LogP) is -1.93. The van der Waals surface area contributed by atoms with Gasteiger partial charge in [-0.05, 0) is 6.42 Å². The van der Waals surface area contributed by atoms with Crippen molar-refractivity contribution in [2.45, 2.75) is 6.42 Å². The zero-order valence-corrected chi connectivity index (χ0v) is 8.06. The van der Waals surface area contributed by atoms with E-state index in [1.54, 1.807) is 23.4 Å². The standard InChI is InChI=1S/C8H13N5O2/c9-11-7(14)5-13-3-1-2-6(4-13)8(15)12-10/h1,3-4H,2,5,9-10H2,(H,11,14)(H,12,15). The Morgan fingerprint density at radius 1 is 1.40 bits per heavy atom. The average molecular weight is 211 g/mol. The van der Waals surface area contributed by atoms with E-state index in [1.165, 1.54) is 0 Å². The summed E-state index contributed by atoms with van der Waals surface area (Å²) in [4.78, 5) is 23.7. The molecule has 1 aliphatic rings. The minimum atomic E-state index is -0.363. The lowest BCUT2D eigenvalue weighted by molar-refractivity contribution is -0.121. The van der Waals surface area contributed by atoms with E-state index in [2.05, 4.69) is 0 Å². The van der Waals surface area contributed by atoms with Crippen LogP contribution in [0.4, 0.5) is 0 Å². The second kappa shape index (κ2) is 5.13. The van der Waals surface area contributed by atoms with E-state index in [-0.39, 0.29) is 18.4 Å². The number of hydrogen-bond acceptors (Lipinski definition) is 5. The van der Waals surface area contributed by atoms with E-state index in [9.17, 15) is 9.59 Å². The van der Waals surface area contributed by atoms with Crippen molar-refractivity contribution in [3.05, 3.63) is 24.0 Å². The van der Waals surface area contributed by atoms with Crippen molar-refractivity contribution < 1.29 is 9.59 Å². The van der Waals surface area contributed by atoms with Gasteiger partial charge in [0.15, 0.2) is 0 Å². The monoisotopic (exact) mass is 211 g/mol. The maximum atomic E-state index is 11.2. The third-order valence-electron chi connectivity index (χ3n) is 1.87. The number of rotatable bonds is 3. The summed E-state index contributed by atoms with van der Waals surface area (Å²) in [6.07, 6.45) is 5.50. The first-order chi connectivity index (χ1) is 7.17. The van der Waals surface area contributed by atoms with Gasteiger partial charge in [0.05, 0.1) is 0 Å². The smallest absolute Gasteiger partial charge is 0.262 e. The van der Waals surface area contributed by atoms with Gasteiger partial charge in [-0.1, -0.05) is 6.08 Å². The van der Waals surface area contributed by atoms with Crippen LogP contribution in [-0.4, -0.2) is 23.3 Å². The maximum absolute atomic E-state index is 11.2. The minimum absolute atomic E-state index is 0.0638. The molecule has 15 heavy (non-hydrogen) atoms. The molecule has 7 heteroatoms. The molecule has 6 N–H and O–H groups in total. The molecule has 0 unspecified atom stereocenters. The molecule has 0 saturated heterocycles. The van der Waals surface area contributed by atoms with Crippen molar-refractivity contribution in [3.8, 4) is 0 Å². The van der Waals surface area contributed by atoms with Crippen molar-refractivity contribution >= 4 is 11.8 Å². The lowest BCUT2D eigenvalue weighted by Crippen LogP contribution is -2.38. The van der Waals surface area contributed by atoms with Gasteiger partial charge >= 0.3 is 0 Å². The van der Waals surface area contributed by atoms with E-state index >= 15 is 0 Å². The zero-order chi connectivity index (χ0) is 11.3. The van der Waals surface area contributed by atoms with E-state index in [4.69, 9.17) is 11.7 Å². The Bertz CT molecular complexity index is 323. The molecule has 0 aromatic heterocycles. The number of hydrogen-bond donors (Lipinski definition) is 4. The molecule has 0 aliphatic carbocycles. The Morgan fingerprint density at radius 2 is 2.13 bits per heavy atom. The summed E-state index contributed by atoms with van der Waals surface area (Å²) in [5, 5.41) is 0. The fourth-order valence-electron chi connectivity index (χ4n) is 1.16. The largest absolute Gasteiger partial charge is 0.345 e. The van der Waals surface area contributed by atoms with E-state index in [1.807, 2.05) is 10.9 Å². The van der Waals surface area contributed by atoms with Crippen molar-refractivity contribution in [2.24, 2.45) is 11.7 Å². The summed E-state index contributed by atoms with van der Waals surface area (Å²) in [7, 11) is 0. The molecule has 1 aliphatic heterocycles. The molecule has 0 bridgehead atoms. The van der Waals surface area contributed by atoms with Gasteiger partial charge in [0.2, 0.25) is 0 Å². The minimum Gasteiger partial charge on any atom is -0.345 e. The van der Waals surface area contributed by atoms with Gasteiger partial charge in [-0.3, -0.25) is 20.4 Å². The Kier molecular flexibility index (Phi) is 3.83. The number of hydrazine groups is 2. The lowest BCUT2D eigenvalue weighted by Gasteiger charge is -2.19. The third kappa shape index (κ3) is 3.08. The SMILES string of the molecule is NNC(=O)CN1C=CCC(C(=O)NN)=C1. The molecular formula is C8H13N5O2. The molecule has 1 rings (SSSR count). The molecule has 0 spiro atoms. The van der Waals surface area contributed by atoms with Crippen LogP contribution in [0.25, 0.3) is 0 Å². The van der Waals surface area contributed by atoms with Crippen molar-refractivity contribution in [2.75, 3.05) is 6.54 Å². The summed E-state index contributed by atoms with van der Waals surface area (Å²) < 4.78 is 0. The van der Waals surface area contributed by atoms with Crippen LogP contribution >= 0.6 is 0 Å². The molecule has 7 nitrogen and oxygen atoms in total. The fraction of sp³-hybridized carbons (Fsp3) is 0.250. The first kappa shape index (κ1) is 11.2. The van der Waals surface area contributed by atoms with Crippen molar-refractivity contribution in [1.82, 2.24) is 15.8 Å². The Balaban J connectivity index is 2.63. The Hall–Kier alpha value is -1.86. The van der Waals surface area contributed by atoms with Crippen LogP contribution in [0.2, 0.25) is 0 Å². The van der Waals surface area contributed by atoms with Crippen LogP contribution in [0.15, 0.2) is 24.0 Å². The Morgan fingerprint density at radius 3 is 2.73 bits per heavy atom. The van der Waals surface area contributed by atoms with Crippen molar-refractivity contribution in [3.63, 3.8) is 0 Å². The molecule has 0 fully saturated rings. The molecule has 1 heterocycles. The lowest BCUT2D eigenvalue weighted by atomic mass is 10.1. The molecule has 0 atom stereocenters.